The number of nitrogens with zero attached hydrogens (tertiary/aromatic N) is 1. The molecule has 2 aromatic rings. The Morgan fingerprint density at radius 3 is 2.20 bits per heavy atom. The van der Waals surface area contributed by atoms with Gasteiger partial charge in [0.15, 0.2) is 0 Å². The van der Waals surface area contributed by atoms with Gasteiger partial charge in [-0.3, -0.25) is 14.5 Å². The number of hydrogen-bond donors (Lipinski definition) is 0. The van der Waals surface area contributed by atoms with Crippen LogP contribution in [0.15, 0.2) is 54.6 Å². The molecule has 0 aliphatic carbocycles. The van der Waals surface area contributed by atoms with Gasteiger partial charge in [0.05, 0.1) is 17.7 Å². The molecule has 0 unspecified atom stereocenters. The number of hydrogen-bond acceptors (Lipinski definition) is 4. The van der Waals surface area contributed by atoms with Crippen molar-refractivity contribution in [3.8, 4) is 0 Å². The molecule has 3 rings (SSSR count). The Balaban J connectivity index is 1.52. The number of carbonyl (C=O) groups is 3. The van der Waals surface area contributed by atoms with Crippen molar-refractivity contribution in [2.24, 2.45) is 0 Å². The van der Waals surface area contributed by atoms with Crippen molar-refractivity contribution in [1.29, 1.82) is 0 Å². The number of imide groups is 1. The Kier molecular flexibility index (Phi) is 4.95. The maximum Gasteiger partial charge on any atom is 0.330 e. The quantitative estimate of drug-likeness (QED) is 0.469. The minimum Gasteiger partial charge on any atom is -0.461 e. The van der Waals surface area contributed by atoms with Gasteiger partial charge in [0.25, 0.3) is 11.8 Å². The zero-order valence-corrected chi connectivity index (χ0v) is 13.9. The number of carbonyl (C=O) groups excluding carboxylic acids is 3. The van der Waals surface area contributed by atoms with Gasteiger partial charge in [-0.2, -0.15) is 0 Å². The highest BCUT2D eigenvalue weighted by Crippen LogP contribution is 2.21. The van der Waals surface area contributed by atoms with E-state index in [-0.39, 0.29) is 25.0 Å². The summed E-state index contributed by atoms with van der Waals surface area (Å²) in [6.45, 7) is -0.0396. The van der Waals surface area contributed by atoms with E-state index in [1.54, 1.807) is 54.6 Å². The molecule has 1 aliphatic heterocycles. The van der Waals surface area contributed by atoms with Crippen LogP contribution in [0.4, 0.5) is 0 Å². The van der Waals surface area contributed by atoms with Crippen LogP contribution in [0.1, 0.15) is 26.3 Å². The standard InChI is InChI=1S/C19H14ClNO4/c20-14-8-5-13(6-9-14)7-10-17(22)25-12-11-21-18(23)15-3-1-2-4-16(15)19(21)24/h1-10H,11-12H2/b10-7+. The molecule has 0 spiro atoms. The fourth-order valence-electron chi connectivity index (χ4n) is 2.47. The number of amides is 2. The SMILES string of the molecule is O=C(/C=C/c1ccc(Cl)cc1)OCCN1C(=O)c2ccccc2C1=O. The van der Waals surface area contributed by atoms with Gasteiger partial charge in [-0.15, -0.1) is 0 Å². The van der Waals surface area contributed by atoms with Crippen LogP contribution in [-0.2, 0) is 9.53 Å². The molecule has 1 heterocycles. The van der Waals surface area contributed by atoms with E-state index >= 15 is 0 Å². The summed E-state index contributed by atoms with van der Waals surface area (Å²) in [7, 11) is 0. The summed E-state index contributed by atoms with van der Waals surface area (Å²) in [5.74, 6) is -1.28. The molecular formula is C19H14ClNO4. The Morgan fingerprint density at radius 1 is 1.00 bits per heavy atom. The molecule has 2 amide bonds. The lowest BCUT2D eigenvalue weighted by atomic mass is 10.1. The maximum atomic E-state index is 12.2. The molecule has 1 aliphatic rings. The number of ether oxygens (including phenoxy) is 1. The van der Waals surface area contributed by atoms with E-state index in [1.165, 1.54) is 6.08 Å². The van der Waals surface area contributed by atoms with Crippen molar-refractivity contribution in [1.82, 2.24) is 4.90 Å². The van der Waals surface area contributed by atoms with Crippen molar-refractivity contribution in [2.45, 2.75) is 0 Å². The summed E-state index contributed by atoms with van der Waals surface area (Å²) >= 11 is 5.79. The van der Waals surface area contributed by atoms with Crippen LogP contribution in [0.3, 0.4) is 0 Å². The highest BCUT2D eigenvalue weighted by atomic mass is 35.5. The fraction of sp³-hybridized carbons (Fsp3) is 0.105. The smallest absolute Gasteiger partial charge is 0.330 e. The highest BCUT2D eigenvalue weighted by molar-refractivity contribution is 6.30. The fourth-order valence-corrected chi connectivity index (χ4v) is 2.59. The lowest BCUT2D eigenvalue weighted by Gasteiger charge is -2.13. The first-order valence-corrected chi connectivity index (χ1v) is 7.99. The first-order valence-electron chi connectivity index (χ1n) is 7.62. The van der Waals surface area contributed by atoms with Crippen molar-refractivity contribution in [3.63, 3.8) is 0 Å². The van der Waals surface area contributed by atoms with Crippen molar-refractivity contribution in [2.75, 3.05) is 13.2 Å². The minimum atomic E-state index is -0.549. The lowest BCUT2D eigenvalue weighted by molar-refractivity contribution is -0.137. The number of rotatable bonds is 5. The first kappa shape index (κ1) is 16.9. The summed E-state index contributed by atoms with van der Waals surface area (Å²) in [5.41, 5.74) is 1.56. The van der Waals surface area contributed by atoms with Crippen molar-refractivity contribution in [3.05, 3.63) is 76.3 Å². The van der Waals surface area contributed by atoms with Gasteiger partial charge in [-0.1, -0.05) is 35.9 Å². The Hall–Kier alpha value is -2.92. The molecule has 6 heteroatoms. The molecule has 0 saturated heterocycles. The molecule has 25 heavy (non-hydrogen) atoms. The normalized spacial score (nSPS) is 13.4. The molecule has 0 radical (unpaired) electrons. The van der Waals surface area contributed by atoms with Crippen molar-refractivity contribution >= 4 is 35.5 Å². The molecule has 0 bridgehead atoms. The van der Waals surface area contributed by atoms with E-state index < -0.39 is 5.97 Å². The van der Waals surface area contributed by atoms with Crippen LogP contribution >= 0.6 is 11.6 Å². The summed E-state index contributed by atoms with van der Waals surface area (Å²) < 4.78 is 5.05. The Bertz CT molecular complexity index is 823. The van der Waals surface area contributed by atoms with Gasteiger partial charge in [-0.25, -0.2) is 4.79 Å². The second-order valence-electron chi connectivity index (χ2n) is 5.36. The number of fused-ring (bicyclic) bond motifs is 1. The van der Waals surface area contributed by atoms with E-state index in [9.17, 15) is 14.4 Å². The molecule has 0 aromatic heterocycles. The average molecular weight is 356 g/mol. The molecule has 2 aromatic carbocycles. The van der Waals surface area contributed by atoms with Crippen molar-refractivity contribution < 1.29 is 19.1 Å². The summed E-state index contributed by atoms with van der Waals surface area (Å²) in [6.07, 6.45) is 2.88. The largest absolute Gasteiger partial charge is 0.461 e. The predicted molar refractivity (Wildman–Crippen MR) is 93.3 cm³/mol. The van der Waals surface area contributed by atoms with E-state index in [2.05, 4.69) is 0 Å². The maximum absolute atomic E-state index is 12.2. The van der Waals surface area contributed by atoms with Crippen LogP contribution in [0.25, 0.3) is 6.08 Å². The third kappa shape index (κ3) is 3.78. The zero-order valence-electron chi connectivity index (χ0n) is 13.1. The second-order valence-corrected chi connectivity index (χ2v) is 5.80. The molecule has 0 fully saturated rings. The summed E-state index contributed by atoms with van der Waals surface area (Å²) in [6, 6.07) is 13.6. The third-order valence-corrected chi connectivity index (χ3v) is 3.97. The predicted octanol–water partition coefficient (Wildman–Crippen LogP) is 3.19. The summed E-state index contributed by atoms with van der Waals surface area (Å²) in [4.78, 5) is 37.1. The molecule has 126 valence electrons. The summed E-state index contributed by atoms with van der Waals surface area (Å²) in [5, 5.41) is 0.612. The van der Waals surface area contributed by atoms with E-state index in [1.807, 2.05) is 0 Å². The monoisotopic (exact) mass is 355 g/mol. The number of benzene rings is 2. The van der Waals surface area contributed by atoms with E-state index in [0.29, 0.717) is 16.1 Å². The molecule has 5 nitrogen and oxygen atoms in total. The first-order chi connectivity index (χ1) is 12.1. The molecular weight excluding hydrogens is 342 g/mol. The Morgan fingerprint density at radius 2 is 1.60 bits per heavy atom. The van der Waals surface area contributed by atoms with Crippen LogP contribution in [-0.4, -0.2) is 35.8 Å². The second kappa shape index (κ2) is 7.32. The van der Waals surface area contributed by atoms with Gasteiger partial charge in [-0.05, 0) is 35.9 Å². The van der Waals surface area contributed by atoms with Gasteiger partial charge in [0.2, 0.25) is 0 Å². The van der Waals surface area contributed by atoms with Gasteiger partial charge in [0.1, 0.15) is 6.61 Å². The van der Waals surface area contributed by atoms with Gasteiger partial charge >= 0.3 is 5.97 Å². The van der Waals surface area contributed by atoms with Crippen LogP contribution in [0.5, 0.6) is 0 Å². The third-order valence-electron chi connectivity index (χ3n) is 3.72. The van der Waals surface area contributed by atoms with Crippen LogP contribution in [0.2, 0.25) is 5.02 Å². The average Bonchev–Trinajstić information content (AvgIpc) is 2.86. The molecule has 0 N–H and O–H groups in total. The number of esters is 1. The van der Waals surface area contributed by atoms with Gasteiger partial charge < -0.3 is 4.74 Å². The molecule has 0 atom stereocenters. The number of halogens is 1. The zero-order chi connectivity index (χ0) is 17.8. The van der Waals surface area contributed by atoms with Gasteiger partial charge in [0, 0.05) is 11.1 Å². The van der Waals surface area contributed by atoms with Crippen LogP contribution < -0.4 is 0 Å². The minimum absolute atomic E-state index is 0.0207. The topological polar surface area (TPSA) is 63.7 Å². The van der Waals surface area contributed by atoms with E-state index in [0.717, 1.165) is 10.5 Å². The Labute approximate surface area is 149 Å². The molecule has 0 saturated carbocycles. The highest BCUT2D eigenvalue weighted by Gasteiger charge is 2.34. The van der Waals surface area contributed by atoms with E-state index in [4.69, 9.17) is 16.3 Å². The van der Waals surface area contributed by atoms with Crippen LogP contribution in [0, 0.1) is 0 Å². The lowest BCUT2D eigenvalue weighted by Crippen LogP contribution is -2.33.